The lowest BCUT2D eigenvalue weighted by Gasteiger charge is -2.37. The second-order valence-corrected chi connectivity index (χ2v) is 13.8. The summed E-state index contributed by atoms with van der Waals surface area (Å²) in [6.07, 6.45) is 0. The Kier molecular flexibility index (Phi) is 10.2. The first-order valence-electron chi connectivity index (χ1n) is 18.7. The van der Waals surface area contributed by atoms with Crippen molar-refractivity contribution in [1.29, 1.82) is 0 Å². The van der Waals surface area contributed by atoms with Gasteiger partial charge in [0, 0.05) is 44.5 Å². The summed E-state index contributed by atoms with van der Waals surface area (Å²) >= 11 is 0. The van der Waals surface area contributed by atoms with Gasteiger partial charge in [-0.3, -0.25) is 19.2 Å². The van der Waals surface area contributed by atoms with Gasteiger partial charge in [0.2, 0.25) is 0 Å². The van der Waals surface area contributed by atoms with Crippen LogP contribution in [0.2, 0.25) is 0 Å². The van der Waals surface area contributed by atoms with Crippen LogP contribution in [0.25, 0.3) is 0 Å². The fraction of sp³-hybridized carbons (Fsp3) is 0.0189. The minimum absolute atomic E-state index is 0.0934. The average Bonchev–Trinajstić information content (AvgIpc) is 3.30. The molecule has 8 aromatic carbocycles. The molecule has 8 aromatic rings. The van der Waals surface area contributed by atoms with Crippen LogP contribution < -0.4 is 0 Å². The SMILES string of the molecule is O=C(c1ccccc1)c1ccc(C(c2ccc(C(=O)c3ccccc3)cc2)(c2ccc(C(=O)c3ccccc3)cc2)c2ccc(C(=O)c3ccccc3)cc2)cc1. The van der Waals surface area contributed by atoms with E-state index in [4.69, 9.17) is 0 Å². The third-order valence-electron chi connectivity index (χ3n) is 10.5. The highest BCUT2D eigenvalue weighted by Crippen LogP contribution is 2.46. The maximum absolute atomic E-state index is 13.6. The number of benzene rings is 8. The van der Waals surface area contributed by atoms with Crippen molar-refractivity contribution in [2.24, 2.45) is 0 Å². The smallest absolute Gasteiger partial charge is 0.193 e. The molecule has 0 aliphatic heterocycles. The van der Waals surface area contributed by atoms with Crippen LogP contribution >= 0.6 is 0 Å². The predicted octanol–water partition coefficient (Wildman–Crippen LogP) is 11.0. The number of ketones is 4. The fourth-order valence-corrected chi connectivity index (χ4v) is 7.51. The Balaban J connectivity index is 1.31. The zero-order valence-corrected chi connectivity index (χ0v) is 30.9. The summed E-state index contributed by atoms with van der Waals surface area (Å²) < 4.78 is 0. The van der Waals surface area contributed by atoms with E-state index in [0.29, 0.717) is 44.5 Å². The third-order valence-corrected chi connectivity index (χ3v) is 10.5. The van der Waals surface area contributed by atoms with E-state index >= 15 is 0 Å². The van der Waals surface area contributed by atoms with Crippen molar-refractivity contribution < 1.29 is 19.2 Å². The minimum Gasteiger partial charge on any atom is -0.289 e. The van der Waals surface area contributed by atoms with Gasteiger partial charge in [-0.2, -0.15) is 0 Å². The number of carbonyl (C=O) groups excluding carboxylic acids is 4. The van der Waals surface area contributed by atoms with E-state index in [1.807, 2.05) is 170 Å². The van der Waals surface area contributed by atoms with E-state index in [2.05, 4.69) is 0 Å². The summed E-state index contributed by atoms with van der Waals surface area (Å²) in [6.45, 7) is 0. The Morgan fingerprint density at radius 1 is 0.211 bits per heavy atom. The zero-order chi connectivity index (χ0) is 39.2. The van der Waals surface area contributed by atoms with E-state index in [1.54, 1.807) is 48.5 Å². The van der Waals surface area contributed by atoms with Crippen LogP contribution in [0, 0.1) is 0 Å². The number of rotatable bonds is 12. The Morgan fingerprint density at radius 2 is 0.368 bits per heavy atom. The molecule has 0 unspecified atom stereocenters. The van der Waals surface area contributed by atoms with Gasteiger partial charge >= 0.3 is 0 Å². The van der Waals surface area contributed by atoms with Crippen molar-refractivity contribution in [3.63, 3.8) is 0 Å². The van der Waals surface area contributed by atoms with Crippen LogP contribution in [0.4, 0.5) is 0 Å². The molecule has 0 fully saturated rings. The standard InChI is InChI=1S/C53H36O4/c54-49(37-13-5-1-6-14-37)41-21-29-45(30-22-41)53(46-31-23-42(24-32-46)50(55)38-15-7-2-8-16-38,47-33-25-43(26-34-47)51(56)39-17-9-3-10-18-39)48-35-27-44(28-36-48)52(57)40-19-11-4-12-20-40/h1-36H. The summed E-state index contributed by atoms with van der Waals surface area (Å²) in [5, 5.41) is 0. The molecule has 57 heavy (non-hydrogen) atoms. The molecule has 0 saturated heterocycles. The molecule has 0 amide bonds. The Hall–Kier alpha value is -7.56. The first kappa shape index (κ1) is 36.4. The van der Waals surface area contributed by atoms with Crippen molar-refractivity contribution in [2.75, 3.05) is 0 Å². The average molecular weight is 737 g/mol. The highest BCUT2D eigenvalue weighted by atomic mass is 16.1. The van der Waals surface area contributed by atoms with Gasteiger partial charge < -0.3 is 0 Å². The summed E-state index contributed by atoms with van der Waals surface area (Å²) in [4.78, 5) is 54.3. The Morgan fingerprint density at radius 3 is 0.544 bits per heavy atom. The Labute approximate surface area is 331 Å². The van der Waals surface area contributed by atoms with E-state index in [1.165, 1.54) is 0 Å². The third kappa shape index (κ3) is 7.20. The van der Waals surface area contributed by atoms with Crippen LogP contribution in [0.1, 0.15) is 85.9 Å². The lowest BCUT2D eigenvalue weighted by Crippen LogP contribution is -2.31. The van der Waals surface area contributed by atoms with Crippen molar-refractivity contribution in [1.82, 2.24) is 0 Å². The second-order valence-electron chi connectivity index (χ2n) is 13.8. The number of hydrogen-bond acceptors (Lipinski definition) is 4. The summed E-state index contributed by atoms with van der Waals surface area (Å²) in [6, 6.07) is 67.1. The molecule has 0 saturated carbocycles. The van der Waals surface area contributed by atoms with Gasteiger partial charge in [0.15, 0.2) is 23.1 Å². The summed E-state index contributed by atoms with van der Waals surface area (Å²) in [5.41, 5.74) is 6.87. The van der Waals surface area contributed by atoms with Gasteiger partial charge in [0.1, 0.15) is 0 Å². The van der Waals surface area contributed by atoms with Gasteiger partial charge in [0.25, 0.3) is 0 Å². The van der Waals surface area contributed by atoms with Crippen molar-refractivity contribution in [3.05, 3.63) is 285 Å². The molecule has 0 heterocycles. The Bertz CT molecular complexity index is 2280. The lowest BCUT2D eigenvalue weighted by molar-refractivity contribution is 0.103. The molecule has 0 spiro atoms. The van der Waals surface area contributed by atoms with Crippen LogP contribution in [-0.2, 0) is 5.41 Å². The molecule has 0 atom stereocenters. The van der Waals surface area contributed by atoms with Crippen LogP contribution in [0.15, 0.2) is 218 Å². The second kappa shape index (κ2) is 16.0. The first-order chi connectivity index (χ1) is 27.9. The molecule has 0 radical (unpaired) electrons. The largest absolute Gasteiger partial charge is 0.289 e. The van der Waals surface area contributed by atoms with Crippen LogP contribution in [-0.4, -0.2) is 23.1 Å². The normalized spacial score (nSPS) is 11.1. The lowest BCUT2D eigenvalue weighted by atomic mass is 9.64. The predicted molar refractivity (Wildman–Crippen MR) is 224 cm³/mol. The molecule has 0 aliphatic rings. The molecule has 0 aromatic heterocycles. The monoisotopic (exact) mass is 736 g/mol. The fourth-order valence-electron chi connectivity index (χ4n) is 7.51. The van der Waals surface area contributed by atoms with Gasteiger partial charge in [-0.05, 0) is 22.3 Å². The quantitative estimate of drug-likeness (QED) is 0.0925. The van der Waals surface area contributed by atoms with Crippen LogP contribution in [0.3, 0.4) is 0 Å². The molecule has 4 heteroatoms. The minimum atomic E-state index is -1.02. The highest BCUT2D eigenvalue weighted by molar-refractivity contribution is 6.11. The van der Waals surface area contributed by atoms with Crippen molar-refractivity contribution in [2.45, 2.75) is 5.41 Å². The maximum Gasteiger partial charge on any atom is 0.193 e. The number of hydrogen-bond donors (Lipinski definition) is 0. The molecule has 4 nitrogen and oxygen atoms in total. The maximum atomic E-state index is 13.6. The number of carbonyl (C=O) groups is 4. The molecule has 8 rings (SSSR count). The van der Waals surface area contributed by atoms with Gasteiger partial charge in [-0.15, -0.1) is 0 Å². The zero-order valence-electron chi connectivity index (χ0n) is 30.9. The highest BCUT2D eigenvalue weighted by Gasteiger charge is 2.39. The molecule has 272 valence electrons. The summed E-state index contributed by atoms with van der Waals surface area (Å²) in [5.74, 6) is -0.374. The molecule has 0 N–H and O–H groups in total. The van der Waals surface area contributed by atoms with Gasteiger partial charge in [-0.25, -0.2) is 0 Å². The molecular formula is C53H36O4. The van der Waals surface area contributed by atoms with Crippen LogP contribution in [0.5, 0.6) is 0 Å². The van der Waals surface area contributed by atoms with E-state index in [0.717, 1.165) is 22.3 Å². The van der Waals surface area contributed by atoms with E-state index < -0.39 is 5.41 Å². The summed E-state index contributed by atoms with van der Waals surface area (Å²) in [7, 11) is 0. The first-order valence-corrected chi connectivity index (χ1v) is 18.7. The van der Waals surface area contributed by atoms with E-state index in [-0.39, 0.29) is 23.1 Å². The molecule has 0 aliphatic carbocycles. The van der Waals surface area contributed by atoms with Crippen molar-refractivity contribution in [3.8, 4) is 0 Å². The van der Waals surface area contributed by atoms with Gasteiger partial charge in [0.05, 0.1) is 5.41 Å². The molecule has 0 bridgehead atoms. The molecular weight excluding hydrogens is 701 g/mol. The van der Waals surface area contributed by atoms with E-state index in [9.17, 15) is 19.2 Å². The van der Waals surface area contributed by atoms with Crippen molar-refractivity contribution >= 4 is 23.1 Å². The topological polar surface area (TPSA) is 68.3 Å². The van der Waals surface area contributed by atoms with Gasteiger partial charge in [-0.1, -0.05) is 218 Å².